The molecule has 0 fully saturated rings. The van der Waals surface area contributed by atoms with Gasteiger partial charge in [0.2, 0.25) is 5.88 Å². The zero-order chi connectivity index (χ0) is 14.4. The van der Waals surface area contributed by atoms with E-state index in [0.717, 1.165) is 5.56 Å². The van der Waals surface area contributed by atoms with Crippen LogP contribution in [0.5, 0.6) is 11.6 Å². The van der Waals surface area contributed by atoms with E-state index in [9.17, 15) is 9.90 Å². The fourth-order valence-electron chi connectivity index (χ4n) is 1.64. The maximum Gasteiger partial charge on any atom is 0.221 e. The number of nitrogen functional groups attached to an aromatic ring is 1. The maximum atomic E-state index is 10.2. The molecular weight excluding hydrogens is 258 g/mol. The molecule has 1 aromatic heterocycles. The van der Waals surface area contributed by atoms with Gasteiger partial charge in [-0.1, -0.05) is 18.2 Å². The number of anilines is 1. The zero-order valence-corrected chi connectivity index (χ0v) is 10.7. The Hall–Kier alpha value is -2.76. The molecular formula is C14H14N3O3-. The van der Waals surface area contributed by atoms with Crippen molar-refractivity contribution in [2.45, 2.75) is 6.42 Å². The van der Waals surface area contributed by atoms with Gasteiger partial charge in [-0.2, -0.15) is 4.98 Å². The second-order valence-corrected chi connectivity index (χ2v) is 4.11. The number of hydrogen-bond acceptors (Lipinski definition) is 5. The van der Waals surface area contributed by atoms with Crippen LogP contribution in [0.25, 0.3) is 0 Å². The molecule has 2 aromatic rings. The topological polar surface area (TPSA) is 100 Å². The minimum absolute atomic E-state index is 0.319. The number of nitrogens with two attached hydrogens (primary N) is 1. The molecule has 2 rings (SSSR count). The van der Waals surface area contributed by atoms with Crippen molar-refractivity contribution in [2.24, 2.45) is 0 Å². The molecule has 20 heavy (non-hydrogen) atoms. The minimum atomic E-state index is -1.27. The third-order valence-corrected chi connectivity index (χ3v) is 2.57. The van der Waals surface area contributed by atoms with Crippen molar-refractivity contribution in [2.75, 3.05) is 12.3 Å². The zero-order valence-electron chi connectivity index (χ0n) is 10.7. The van der Waals surface area contributed by atoms with Crippen LogP contribution in [0.2, 0.25) is 0 Å². The van der Waals surface area contributed by atoms with Gasteiger partial charge in [0.05, 0.1) is 0 Å². The van der Waals surface area contributed by atoms with Gasteiger partial charge < -0.3 is 25.7 Å². The molecule has 104 valence electrons. The van der Waals surface area contributed by atoms with Crippen LogP contribution in [0.1, 0.15) is 5.56 Å². The standard InChI is InChI=1S/C14H15N3O3/c15-12-2-1-3-13(17-12)20-11-6-4-10(5-7-11)8-9-16-14(18)19/h1-7,16H,8-9H2,(H2,15,17)(H,18,19)/p-1. The molecule has 0 aliphatic carbocycles. The largest absolute Gasteiger partial charge is 0.530 e. The summed E-state index contributed by atoms with van der Waals surface area (Å²) in [5.41, 5.74) is 6.56. The number of carbonyl (C=O) groups is 1. The van der Waals surface area contributed by atoms with Gasteiger partial charge in [0.25, 0.3) is 0 Å². The lowest BCUT2D eigenvalue weighted by Gasteiger charge is -2.08. The van der Waals surface area contributed by atoms with E-state index in [4.69, 9.17) is 10.5 Å². The summed E-state index contributed by atoms with van der Waals surface area (Å²) in [6, 6.07) is 12.5. The summed E-state index contributed by atoms with van der Waals surface area (Å²) in [5, 5.41) is 12.4. The first-order valence-electron chi connectivity index (χ1n) is 6.07. The van der Waals surface area contributed by atoms with E-state index in [2.05, 4.69) is 10.3 Å². The first-order chi connectivity index (χ1) is 9.63. The van der Waals surface area contributed by atoms with Crippen LogP contribution in [0.15, 0.2) is 42.5 Å². The molecule has 1 heterocycles. The molecule has 1 amide bonds. The predicted octanol–water partition coefficient (Wildman–Crippen LogP) is 0.931. The Morgan fingerprint density at radius 2 is 2.00 bits per heavy atom. The van der Waals surface area contributed by atoms with E-state index in [-0.39, 0.29) is 0 Å². The van der Waals surface area contributed by atoms with Gasteiger partial charge in [-0.25, -0.2) is 0 Å². The van der Waals surface area contributed by atoms with Crippen LogP contribution < -0.4 is 20.9 Å². The number of ether oxygens (including phenoxy) is 1. The predicted molar refractivity (Wildman–Crippen MR) is 72.3 cm³/mol. The smallest absolute Gasteiger partial charge is 0.221 e. The molecule has 3 N–H and O–H groups in total. The Morgan fingerprint density at radius 1 is 1.25 bits per heavy atom. The van der Waals surface area contributed by atoms with Crippen LogP contribution in [-0.2, 0) is 6.42 Å². The number of pyridine rings is 1. The highest BCUT2D eigenvalue weighted by atomic mass is 16.5. The van der Waals surface area contributed by atoms with Crippen LogP contribution in [0, 0.1) is 0 Å². The molecule has 0 aliphatic heterocycles. The van der Waals surface area contributed by atoms with Crippen LogP contribution in [-0.4, -0.2) is 17.6 Å². The van der Waals surface area contributed by atoms with Crippen molar-refractivity contribution in [3.8, 4) is 11.6 Å². The molecule has 0 spiro atoms. The number of rotatable bonds is 5. The Labute approximate surface area is 116 Å². The normalized spacial score (nSPS) is 10.0. The van der Waals surface area contributed by atoms with Crippen LogP contribution >= 0.6 is 0 Å². The van der Waals surface area contributed by atoms with Gasteiger partial charge in [-0.05, 0) is 30.2 Å². The summed E-state index contributed by atoms with van der Waals surface area (Å²) in [5.74, 6) is 1.46. The number of carboxylic acid groups (broad SMARTS) is 1. The van der Waals surface area contributed by atoms with Crippen molar-refractivity contribution in [1.29, 1.82) is 0 Å². The number of amides is 1. The lowest BCUT2D eigenvalue weighted by Crippen LogP contribution is -2.37. The molecule has 6 nitrogen and oxygen atoms in total. The van der Waals surface area contributed by atoms with Crippen molar-refractivity contribution in [1.82, 2.24) is 10.3 Å². The molecule has 0 atom stereocenters. The van der Waals surface area contributed by atoms with Crippen molar-refractivity contribution >= 4 is 11.9 Å². The highest BCUT2D eigenvalue weighted by Crippen LogP contribution is 2.20. The van der Waals surface area contributed by atoms with Gasteiger partial charge in [-0.15, -0.1) is 0 Å². The van der Waals surface area contributed by atoms with Crippen molar-refractivity contribution in [3.05, 3.63) is 48.0 Å². The van der Waals surface area contributed by atoms with Crippen molar-refractivity contribution < 1.29 is 14.6 Å². The summed E-state index contributed by atoms with van der Waals surface area (Å²) < 4.78 is 5.55. The Balaban J connectivity index is 1.93. The molecule has 0 saturated carbocycles. The summed E-state index contributed by atoms with van der Waals surface area (Å²) >= 11 is 0. The SMILES string of the molecule is Nc1cccc(Oc2ccc(CCNC(=O)[O-])cc2)n1. The summed E-state index contributed by atoms with van der Waals surface area (Å²) in [6.45, 7) is 0.319. The molecule has 0 saturated heterocycles. The highest BCUT2D eigenvalue weighted by Gasteiger charge is 2.00. The van der Waals surface area contributed by atoms with E-state index >= 15 is 0 Å². The van der Waals surface area contributed by atoms with E-state index in [0.29, 0.717) is 30.4 Å². The summed E-state index contributed by atoms with van der Waals surface area (Å²) in [4.78, 5) is 14.2. The Bertz CT molecular complexity index is 584. The molecule has 0 aliphatic rings. The molecule has 6 heteroatoms. The Morgan fingerprint density at radius 3 is 2.65 bits per heavy atom. The fourth-order valence-corrected chi connectivity index (χ4v) is 1.64. The summed E-state index contributed by atoms with van der Waals surface area (Å²) in [6.07, 6.45) is -0.678. The average molecular weight is 272 g/mol. The highest BCUT2D eigenvalue weighted by molar-refractivity contribution is 5.61. The number of hydrogen-bond donors (Lipinski definition) is 2. The quantitative estimate of drug-likeness (QED) is 0.843. The van der Waals surface area contributed by atoms with Crippen molar-refractivity contribution in [3.63, 3.8) is 0 Å². The first kappa shape index (κ1) is 13.7. The average Bonchev–Trinajstić information content (AvgIpc) is 2.40. The molecule has 0 unspecified atom stereocenters. The van der Waals surface area contributed by atoms with E-state index in [1.54, 1.807) is 30.3 Å². The van der Waals surface area contributed by atoms with Crippen LogP contribution in [0.4, 0.5) is 10.6 Å². The molecule has 1 aromatic carbocycles. The van der Waals surface area contributed by atoms with E-state index < -0.39 is 6.09 Å². The van der Waals surface area contributed by atoms with Gasteiger partial charge in [0, 0.05) is 12.6 Å². The lowest BCUT2D eigenvalue weighted by molar-refractivity contribution is -0.250. The second kappa shape index (κ2) is 6.42. The number of nitrogens with one attached hydrogen (secondary N) is 1. The van der Waals surface area contributed by atoms with Gasteiger partial charge in [0.15, 0.2) is 0 Å². The summed E-state index contributed by atoms with van der Waals surface area (Å²) in [7, 11) is 0. The maximum absolute atomic E-state index is 10.2. The van der Waals surface area contributed by atoms with E-state index in [1.165, 1.54) is 0 Å². The van der Waals surface area contributed by atoms with Gasteiger partial charge in [-0.3, -0.25) is 0 Å². The third kappa shape index (κ3) is 4.16. The first-order valence-corrected chi connectivity index (χ1v) is 6.07. The third-order valence-electron chi connectivity index (χ3n) is 2.57. The number of aromatic nitrogens is 1. The number of benzene rings is 1. The van der Waals surface area contributed by atoms with Gasteiger partial charge >= 0.3 is 0 Å². The monoisotopic (exact) mass is 272 g/mol. The molecule has 0 radical (unpaired) electrons. The fraction of sp³-hybridized carbons (Fsp3) is 0.143. The second-order valence-electron chi connectivity index (χ2n) is 4.11. The molecule has 0 bridgehead atoms. The number of carbonyl (C=O) groups excluding carboxylic acids is 1. The van der Waals surface area contributed by atoms with Gasteiger partial charge in [0.1, 0.15) is 17.7 Å². The van der Waals surface area contributed by atoms with E-state index in [1.807, 2.05) is 12.1 Å². The minimum Gasteiger partial charge on any atom is -0.530 e. The van der Waals surface area contributed by atoms with Crippen LogP contribution in [0.3, 0.4) is 0 Å². The Kier molecular flexibility index (Phi) is 4.39. The lowest BCUT2D eigenvalue weighted by atomic mass is 10.1. The number of nitrogens with zero attached hydrogens (tertiary/aromatic N) is 1.